The van der Waals surface area contributed by atoms with Crippen LogP contribution in [0.3, 0.4) is 0 Å². The van der Waals surface area contributed by atoms with E-state index in [-0.39, 0.29) is 116 Å². The summed E-state index contributed by atoms with van der Waals surface area (Å²) < 4.78 is 19.2. The summed E-state index contributed by atoms with van der Waals surface area (Å²) in [6.07, 6.45) is 21.0. The topological polar surface area (TPSA) is 453 Å². The summed E-state index contributed by atoms with van der Waals surface area (Å²) in [4.78, 5) is 204. The summed E-state index contributed by atoms with van der Waals surface area (Å²) in [5.74, 6) is -13.0. The highest BCUT2D eigenvalue weighted by molar-refractivity contribution is 8.48. The molecule has 123 heavy (non-hydrogen) atoms. The number of rotatable bonds is 58. The predicted molar refractivity (Wildman–Crippen MR) is 485 cm³/mol. The van der Waals surface area contributed by atoms with E-state index in [9.17, 15) is 72.2 Å². The van der Waals surface area contributed by atoms with E-state index in [0.717, 1.165) is 62.0 Å². The second-order valence-corrected chi connectivity index (χ2v) is 41.4. The van der Waals surface area contributed by atoms with E-state index in [1.54, 1.807) is 81.4 Å². The summed E-state index contributed by atoms with van der Waals surface area (Å²) >= 11 is 16.7. The molecule has 0 radical (unpaired) electrons. The van der Waals surface area contributed by atoms with Crippen LogP contribution in [0.25, 0.3) is 11.2 Å². The number of thioether (sulfide) groups is 4. The first-order chi connectivity index (χ1) is 58.0. The zero-order valence-electron chi connectivity index (χ0n) is 74.0. The maximum atomic E-state index is 14.3. The number of aromatic amines is 1. The van der Waals surface area contributed by atoms with E-state index in [1.165, 1.54) is 133 Å². The van der Waals surface area contributed by atoms with Gasteiger partial charge in [0.25, 0.3) is 36.2 Å². The monoisotopic (exact) mass is 1830 g/mol. The predicted octanol–water partition coefficient (Wildman–Crippen LogP) is 14.8. The molecule has 1 aromatic carbocycles. The fourth-order valence-corrected chi connectivity index (χ4v) is 21.0. The number of carbonyl (C=O) groups excluding carboxylic acids is 11. The number of carboxylic acid groups (broad SMARTS) is 2. The number of thiocarbonyl (C=S) groups is 2. The van der Waals surface area contributed by atoms with Crippen LogP contribution < -0.4 is 32.3 Å². The molecule has 0 aliphatic carbocycles. The largest absolute Gasteiger partial charge is 0.481 e. The number of fused-ring (bicyclic) bond motifs is 1. The van der Waals surface area contributed by atoms with Crippen LogP contribution in [0.1, 0.15) is 293 Å². The number of hydrogen-bond donors (Lipinski definition) is 8. The van der Waals surface area contributed by atoms with Gasteiger partial charge in [-0.25, -0.2) is 24.4 Å². The number of carboxylic acids is 2. The van der Waals surface area contributed by atoms with E-state index < -0.39 is 128 Å². The molecule has 2 aromatic heterocycles. The molecular formula is C85H130N10O22S6. The lowest BCUT2D eigenvalue weighted by Crippen LogP contribution is -2.44. The van der Waals surface area contributed by atoms with Gasteiger partial charge in [-0.15, -0.1) is 28.6 Å². The molecule has 1 aliphatic heterocycles. The number of aromatic nitrogens is 4. The molecule has 38 heteroatoms. The van der Waals surface area contributed by atoms with Crippen molar-refractivity contribution < 1.29 is 101 Å². The maximum absolute atomic E-state index is 14.3. The van der Waals surface area contributed by atoms with Gasteiger partial charge in [0.2, 0.25) is 17.8 Å². The van der Waals surface area contributed by atoms with Gasteiger partial charge in [0.15, 0.2) is 11.2 Å². The van der Waals surface area contributed by atoms with Crippen LogP contribution in [-0.4, -0.2) is 184 Å². The number of H-pyrrole nitrogens is 1. The lowest BCUT2D eigenvalue weighted by Gasteiger charge is -2.33. The molecule has 0 spiro atoms. The van der Waals surface area contributed by atoms with Crippen molar-refractivity contribution in [2.24, 2.45) is 23.7 Å². The molecule has 9 unspecified atom stereocenters. The molecule has 1 saturated heterocycles. The van der Waals surface area contributed by atoms with Crippen molar-refractivity contribution in [3.8, 4) is 0 Å². The highest BCUT2D eigenvalue weighted by Crippen LogP contribution is 2.44. The van der Waals surface area contributed by atoms with Gasteiger partial charge >= 0.3 is 35.8 Å². The Bertz CT molecular complexity index is 4030. The van der Waals surface area contributed by atoms with Gasteiger partial charge in [-0.1, -0.05) is 178 Å². The van der Waals surface area contributed by atoms with Crippen LogP contribution in [0.5, 0.6) is 0 Å². The highest BCUT2D eigenvalue weighted by Gasteiger charge is 2.47. The average molecular weight is 1840 g/mol. The first-order valence-electron chi connectivity index (χ1n) is 42.2. The molecule has 0 saturated carbocycles. The fraction of sp³-hybridized carbons (Fsp3) is 0.682. The smallest absolute Gasteiger partial charge is 0.336 e. The number of nitrogens with zero attached hydrogens (tertiary/aromatic N) is 4. The van der Waals surface area contributed by atoms with Crippen molar-refractivity contribution in [3.63, 3.8) is 0 Å². The molecule has 4 rings (SSSR count). The summed E-state index contributed by atoms with van der Waals surface area (Å²) in [7, 11) is 2.48. The van der Waals surface area contributed by atoms with E-state index in [4.69, 9.17) is 58.2 Å². The van der Waals surface area contributed by atoms with Crippen molar-refractivity contribution in [1.82, 2.24) is 40.9 Å². The minimum atomic E-state index is -1.44. The van der Waals surface area contributed by atoms with Gasteiger partial charge in [0, 0.05) is 64.9 Å². The molecule has 8 N–H and O–H groups in total. The fourth-order valence-electron chi connectivity index (χ4n) is 13.6. The highest BCUT2D eigenvalue weighted by atomic mass is 32.2. The number of hydroxylamine groups is 2. The number of anilines is 2. The van der Waals surface area contributed by atoms with E-state index >= 15 is 0 Å². The average Bonchev–Trinajstić information content (AvgIpc) is 1.33. The number of carbonyl (C=O) groups is 13. The van der Waals surface area contributed by atoms with Gasteiger partial charge in [-0.05, 0) is 151 Å². The molecule has 9 atom stereocenters. The number of benzene rings is 1. The van der Waals surface area contributed by atoms with E-state index in [1.807, 2.05) is 0 Å². The number of amides is 5. The maximum Gasteiger partial charge on any atom is 0.336 e. The first kappa shape index (κ1) is 109. The third-order valence-electron chi connectivity index (χ3n) is 20.0. The van der Waals surface area contributed by atoms with Gasteiger partial charge in [-0.2, -0.15) is 10.5 Å². The lowest BCUT2D eigenvalue weighted by molar-refractivity contribution is -0.201. The molecule has 3 heterocycles. The standard InChI is InChI=1S/C50H72N8O13S3.C35H58N2O9S3/c1-9-10-11-12-13-14-15-16-17-31(4)73-48(72)74-50(7,46(68)69-8)26-34(24-33(42(63)53-30(2)3)25-49(5,6)70-29-59)45(67)71-58-47-56-40-39(43(64)57-47)54-36(28-52-40)27-51-35-20-18-32(19-21-35)41(62)55-37(44(65)66)22-23-38(60)61;1-9-10-11-12-13-14-15-16-17-25(4)48-33(47)49-35(7,32(43)44-8)22-27(31(42)46-37-28(39)18-19-29(37)40)20-26(30(41)36-24(2)3)21-34(5,6)45-23-38/h18-21,28-31,33-34,37,51H,9-17,22-27H2,1-8H3,(H,53,63)(H,55,62)(H,60,61)(H,65,66)(H2,52,56,57,58,64);23-27H,9-22H2,1-8H3,(H,36,41). The van der Waals surface area contributed by atoms with Gasteiger partial charge in [0.05, 0.1) is 44.5 Å². The molecular weight excluding hydrogens is 1710 g/mol. The number of imide groups is 1. The Morgan fingerprint density at radius 2 is 1.02 bits per heavy atom. The third-order valence-corrected chi connectivity index (χ3v) is 25.8. The van der Waals surface area contributed by atoms with Crippen LogP contribution >= 0.6 is 71.5 Å². The summed E-state index contributed by atoms with van der Waals surface area (Å²) in [6.45, 7) is 26.2. The minimum Gasteiger partial charge on any atom is -0.481 e. The summed E-state index contributed by atoms with van der Waals surface area (Å²) in [5.41, 5.74) is 0.204. The van der Waals surface area contributed by atoms with Crippen molar-refractivity contribution >= 4 is 180 Å². The minimum absolute atomic E-state index is 0.00415. The Morgan fingerprint density at radius 1 is 0.585 bits per heavy atom. The summed E-state index contributed by atoms with van der Waals surface area (Å²) in [5, 5.41) is 30.2. The summed E-state index contributed by atoms with van der Waals surface area (Å²) in [6, 6.07) is 4.10. The number of aliphatic carboxylic acids is 2. The Kier molecular flexibility index (Phi) is 49.8. The van der Waals surface area contributed by atoms with Crippen molar-refractivity contribution in [1.29, 1.82) is 0 Å². The Hall–Kier alpha value is -8.07. The Labute approximate surface area is 750 Å². The zero-order chi connectivity index (χ0) is 92.2. The van der Waals surface area contributed by atoms with Gasteiger partial charge < -0.3 is 60.1 Å². The van der Waals surface area contributed by atoms with Crippen molar-refractivity contribution in [3.05, 3.63) is 52.1 Å². The van der Waals surface area contributed by atoms with Gasteiger partial charge in [-0.3, -0.25) is 57.7 Å². The molecule has 5 amide bonds. The third kappa shape index (κ3) is 41.7. The second-order valence-electron chi connectivity index (χ2n) is 33.1. The Morgan fingerprint density at radius 3 is 1.44 bits per heavy atom. The number of nitrogens with one attached hydrogen (secondary N) is 6. The first-order valence-corrected chi connectivity index (χ1v) is 46.4. The molecule has 3 aromatic rings. The van der Waals surface area contributed by atoms with E-state index in [0.29, 0.717) is 30.0 Å². The second kappa shape index (κ2) is 56.1. The van der Waals surface area contributed by atoms with Crippen LogP contribution in [0.2, 0.25) is 0 Å². The van der Waals surface area contributed by atoms with Crippen molar-refractivity contribution in [2.75, 3.05) is 25.0 Å². The number of unbranched alkanes of at least 4 members (excludes halogenated alkanes) is 14. The molecule has 1 aliphatic rings. The Balaban J connectivity index is 0.000000692. The number of ether oxygens (including phenoxy) is 4. The molecule has 688 valence electrons. The van der Waals surface area contributed by atoms with Crippen molar-refractivity contribution in [2.45, 2.75) is 333 Å². The SMILES string of the molecule is CCCCCCCCCCC(C)SC(=S)SC(C)(CC(CC(CC(C)(C)OC=O)C(=O)NC(C)C)C(=O)ON1C(=O)CCC1=O)C(=O)OC.CCCCCCCCCCC(C)SC(=S)SC(C)(CC(CC(CC(C)(C)OC=O)C(=O)NC(C)C)C(=O)ONc1nc2ncc(CNc3ccc(C(=O)NC(CCC(=O)O)C(=O)O)cc3)nc2c(=O)[nH]1)C(=O)OC. The zero-order valence-corrected chi connectivity index (χ0v) is 78.9. The quantitative estimate of drug-likeness (QED) is 0.00495. The number of methoxy groups -OCH3 is 2. The molecule has 0 bridgehead atoms. The molecule has 1 fully saturated rings. The number of hydrogen-bond acceptors (Lipinski definition) is 31. The van der Waals surface area contributed by atoms with Crippen LogP contribution in [-0.2, 0) is 92.7 Å². The lowest BCUT2D eigenvalue weighted by atomic mass is 9.81. The van der Waals surface area contributed by atoms with Crippen LogP contribution in [0.15, 0.2) is 35.3 Å². The normalized spacial score (nSPS) is 14.9. The van der Waals surface area contributed by atoms with Gasteiger partial charge in [0.1, 0.15) is 33.8 Å². The van der Waals surface area contributed by atoms with Crippen LogP contribution in [0, 0.1) is 23.7 Å². The van der Waals surface area contributed by atoms with Crippen LogP contribution in [0.4, 0.5) is 11.6 Å². The number of esters is 2. The molecule has 32 nitrogen and oxygen atoms in total. The van der Waals surface area contributed by atoms with E-state index in [2.05, 4.69) is 74.4 Å².